The van der Waals surface area contributed by atoms with Crippen molar-refractivity contribution in [3.63, 3.8) is 0 Å². The molecule has 0 spiro atoms. The summed E-state index contributed by atoms with van der Waals surface area (Å²) in [5, 5.41) is 0. The van der Waals surface area contributed by atoms with Gasteiger partial charge in [-0.25, -0.2) is 0 Å². The second kappa shape index (κ2) is 5.89. The van der Waals surface area contributed by atoms with Crippen LogP contribution in [0, 0.1) is 6.92 Å². The largest absolute Gasteiger partial charge is 0.468 e. The van der Waals surface area contributed by atoms with Crippen LogP contribution >= 0.6 is 0 Å². The molecule has 4 nitrogen and oxygen atoms in total. The van der Waals surface area contributed by atoms with Gasteiger partial charge < -0.3 is 14.6 Å². The molecule has 2 rings (SSSR count). The fourth-order valence-corrected chi connectivity index (χ4v) is 1.99. The Kier molecular flexibility index (Phi) is 4.23. The number of hydrogen-bond donors (Lipinski definition) is 1. The summed E-state index contributed by atoms with van der Waals surface area (Å²) >= 11 is 0. The van der Waals surface area contributed by atoms with Gasteiger partial charge in [-0.2, -0.15) is 0 Å². The number of aryl methyl sites for hydroxylation is 1. The van der Waals surface area contributed by atoms with Crippen LogP contribution in [0.5, 0.6) is 0 Å². The second-order valence-electron chi connectivity index (χ2n) is 4.38. The summed E-state index contributed by atoms with van der Waals surface area (Å²) in [7, 11) is 0. The van der Waals surface area contributed by atoms with Gasteiger partial charge in [-0.15, -0.1) is 0 Å². The fraction of sp³-hybridized carbons (Fsp3) is 0.429. The van der Waals surface area contributed by atoms with E-state index in [0.29, 0.717) is 6.54 Å². The van der Waals surface area contributed by atoms with Crippen molar-refractivity contribution in [1.82, 2.24) is 4.90 Å². The molecule has 0 aliphatic rings. The van der Waals surface area contributed by atoms with Gasteiger partial charge in [0.1, 0.15) is 17.3 Å². The van der Waals surface area contributed by atoms with E-state index in [2.05, 4.69) is 11.8 Å². The zero-order chi connectivity index (χ0) is 13.0. The summed E-state index contributed by atoms with van der Waals surface area (Å²) in [4.78, 5) is 2.30. The average Bonchev–Trinajstić information content (AvgIpc) is 2.99. The van der Waals surface area contributed by atoms with E-state index in [9.17, 15) is 0 Å². The van der Waals surface area contributed by atoms with Gasteiger partial charge in [0, 0.05) is 12.1 Å². The van der Waals surface area contributed by atoms with Crippen LogP contribution in [0.2, 0.25) is 0 Å². The van der Waals surface area contributed by atoms with Crippen LogP contribution in [0.15, 0.2) is 33.3 Å². The van der Waals surface area contributed by atoms with Crippen LogP contribution in [0.3, 0.4) is 0 Å². The maximum absolute atomic E-state index is 5.58. The Morgan fingerprint density at radius 3 is 2.67 bits per heavy atom. The lowest BCUT2D eigenvalue weighted by Crippen LogP contribution is -2.22. The maximum atomic E-state index is 5.58. The molecule has 2 heterocycles. The zero-order valence-corrected chi connectivity index (χ0v) is 11.0. The summed E-state index contributed by atoms with van der Waals surface area (Å²) in [5.74, 6) is 2.78. The first kappa shape index (κ1) is 12.9. The van der Waals surface area contributed by atoms with E-state index in [-0.39, 0.29) is 0 Å². The molecule has 0 bridgehead atoms. The lowest BCUT2D eigenvalue weighted by atomic mass is 10.2. The quantitative estimate of drug-likeness (QED) is 0.854. The molecule has 2 aromatic rings. The molecule has 0 unspecified atom stereocenters. The zero-order valence-electron chi connectivity index (χ0n) is 11.0. The van der Waals surface area contributed by atoms with Gasteiger partial charge >= 0.3 is 0 Å². The Morgan fingerprint density at radius 1 is 1.28 bits per heavy atom. The SMILES string of the molecule is CCN(Cc1ccco1)Cc1cc(CN)oc1C. The number of rotatable bonds is 6. The molecular formula is C14H20N2O2. The Balaban J connectivity index is 2.03. The molecule has 0 fully saturated rings. The van der Waals surface area contributed by atoms with E-state index in [4.69, 9.17) is 14.6 Å². The Hall–Kier alpha value is -1.52. The van der Waals surface area contributed by atoms with E-state index in [1.807, 2.05) is 25.1 Å². The number of nitrogens with zero attached hydrogens (tertiary/aromatic N) is 1. The van der Waals surface area contributed by atoms with Crippen molar-refractivity contribution in [2.24, 2.45) is 5.73 Å². The summed E-state index contributed by atoms with van der Waals surface area (Å²) in [6.07, 6.45) is 1.71. The summed E-state index contributed by atoms with van der Waals surface area (Å²) in [5.41, 5.74) is 6.78. The van der Waals surface area contributed by atoms with Gasteiger partial charge in [0.15, 0.2) is 0 Å². The normalized spacial score (nSPS) is 11.3. The second-order valence-corrected chi connectivity index (χ2v) is 4.38. The molecule has 0 atom stereocenters. The van der Waals surface area contributed by atoms with Crippen LogP contribution in [-0.4, -0.2) is 11.4 Å². The summed E-state index contributed by atoms with van der Waals surface area (Å²) in [6, 6.07) is 5.95. The molecule has 18 heavy (non-hydrogen) atoms. The van der Waals surface area contributed by atoms with Crippen molar-refractivity contribution in [2.45, 2.75) is 33.5 Å². The monoisotopic (exact) mass is 248 g/mol. The van der Waals surface area contributed by atoms with E-state index in [1.165, 1.54) is 5.56 Å². The van der Waals surface area contributed by atoms with Crippen LogP contribution in [0.1, 0.15) is 29.8 Å². The molecule has 2 N–H and O–H groups in total. The average molecular weight is 248 g/mol. The molecule has 98 valence electrons. The van der Waals surface area contributed by atoms with Crippen LogP contribution in [0.25, 0.3) is 0 Å². The van der Waals surface area contributed by atoms with E-state index >= 15 is 0 Å². The highest BCUT2D eigenvalue weighted by Crippen LogP contribution is 2.17. The maximum Gasteiger partial charge on any atom is 0.118 e. The predicted octanol–water partition coefficient (Wildman–Crippen LogP) is 2.66. The van der Waals surface area contributed by atoms with Crippen molar-refractivity contribution in [3.05, 3.63) is 47.3 Å². The predicted molar refractivity (Wildman–Crippen MR) is 69.8 cm³/mol. The van der Waals surface area contributed by atoms with E-state index in [1.54, 1.807) is 6.26 Å². The first-order chi connectivity index (χ1) is 8.72. The van der Waals surface area contributed by atoms with Crippen molar-refractivity contribution < 1.29 is 8.83 Å². The lowest BCUT2D eigenvalue weighted by molar-refractivity contribution is 0.246. The molecule has 0 aliphatic carbocycles. The molecule has 0 aromatic carbocycles. The number of furan rings is 2. The third kappa shape index (κ3) is 3.03. The van der Waals surface area contributed by atoms with Gasteiger partial charge in [0.05, 0.1) is 19.4 Å². The number of hydrogen-bond acceptors (Lipinski definition) is 4. The molecule has 0 saturated heterocycles. The van der Waals surface area contributed by atoms with Crippen LogP contribution in [0.4, 0.5) is 0 Å². The van der Waals surface area contributed by atoms with Crippen LogP contribution < -0.4 is 5.73 Å². The summed E-state index contributed by atoms with van der Waals surface area (Å²) < 4.78 is 10.9. The topological polar surface area (TPSA) is 55.5 Å². The molecule has 0 aliphatic heterocycles. The molecule has 0 saturated carbocycles. The Labute approximate surface area is 107 Å². The smallest absolute Gasteiger partial charge is 0.118 e. The van der Waals surface area contributed by atoms with Crippen molar-refractivity contribution in [3.8, 4) is 0 Å². The van der Waals surface area contributed by atoms with E-state index < -0.39 is 0 Å². The third-order valence-electron chi connectivity index (χ3n) is 3.07. The summed E-state index contributed by atoms with van der Waals surface area (Å²) in [6.45, 7) is 7.20. The Bertz CT molecular complexity index is 474. The first-order valence-corrected chi connectivity index (χ1v) is 6.26. The molecule has 0 amide bonds. The molecule has 4 heteroatoms. The Morgan fingerprint density at radius 2 is 2.11 bits per heavy atom. The van der Waals surface area contributed by atoms with Gasteiger partial charge in [0.25, 0.3) is 0 Å². The molecule has 0 radical (unpaired) electrons. The molecule has 2 aromatic heterocycles. The van der Waals surface area contributed by atoms with Crippen molar-refractivity contribution >= 4 is 0 Å². The minimum absolute atomic E-state index is 0.450. The standard InChI is InChI=1S/C14H20N2O2/c1-3-16(10-13-5-4-6-17-13)9-12-7-14(8-15)18-11(12)2/h4-7H,3,8-10,15H2,1-2H3. The highest BCUT2D eigenvalue weighted by Gasteiger charge is 2.11. The van der Waals surface area contributed by atoms with Gasteiger partial charge in [0.2, 0.25) is 0 Å². The first-order valence-electron chi connectivity index (χ1n) is 6.26. The molecular weight excluding hydrogens is 228 g/mol. The highest BCUT2D eigenvalue weighted by atomic mass is 16.3. The lowest BCUT2D eigenvalue weighted by Gasteiger charge is -2.18. The fourth-order valence-electron chi connectivity index (χ4n) is 1.99. The van der Waals surface area contributed by atoms with Crippen molar-refractivity contribution in [2.75, 3.05) is 6.54 Å². The van der Waals surface area contributed by atoms with Gasteiger partial charge in [-0.3, -0.25) is 4.90 Å². The minimum atomic E-state index is 0.450. The highest BCUT2D eigenvalue weighted by molar-refractivity contribution is 5.20. The van der Waals surface area contributed by atoms with Gasteiger partial charge in [-0.05, 0) is 31.7 Å². The van der Waals surface area contributed by atoms with Gasteiger partial charge in [-0.1, -0.05) is 6.92 Å². The third-order valence-corrected chi connectivity index (χ3v) is 3.07. The van der Waals surface area contributed by atoms with Crippen molar-refractivity contribution in [1.29, 1.82) is 0 Å². The van der Waals surface area contributed by atoms with E-state index in [0.717, 1.165) is 36.9 Å². The number of nitrogens with two attached hydrogens (primary N) is 1. The minimum Gasteiger partial charge on any atom is -0.468 e. The van der Waals surface area contributed by atoms with Crippen LogP contribution in [-0.2, 0) is 19.6 Å².